The summed E-state index contributed by atoms with van der Waals surface area (Å²) in [6, 6.07) is 32.0. The van der Waals surface area contributed by atoms with Crippen LogP contribution < -0.4 is 5.30 Å². The van der Waals surface area contributed by atoms with Gasteiger partial charge in [-0.05, 0) is 64.5 Å². The molecule has 4 heteroatoms. The second-order valence-corrected chi connectivity index (χ2v) is 12.4. The van der Waals surface area contributed by atoms with Gasteiger partial charge in [-0.3, -0.25) is 4.40 Å². The molecule has 0 unspecified atom stereocenters. The molecule has 0 amide bonds. The minimum absolute atomic E-state index is 0.878. The maximum atomic E-state index is 12.9. The zero-order valence-electron chi connectivity index (χ0n) is 18.4. The van der Waals surface area contributed by atoms with Gasteiger partial charge in [0.15, 0.2) is 0 Å². The number of benzene rings is 5. The van der Waals surface area contributed by atoms with Crippen LogP contribution >= 0.6 is 7.14 Å². The molecule has 0 saturated carbocycles. The van der Waals surface area contributed by atoms with E-state index in [-0.39, 0.29) is 0 Å². The third-order valence-electron chi connectivity index (χ3n) is 6.83. The van der Waals surface area contributed by atoms with Crippen molar-refractivity contribution in [3.63, 3.8) is 0 Å². The van der Waals surface area contributed by atoms with Crippen molar-refractivity contribution in [2.45, 2.75) is 0 Å². The Labute approximate surface area is 190 Å². The SMILES string of the molecule is CP(C)(=O)c1ccc2nc3c4c5ccccc5ccc4c4c5ccccc5ccc4n3c2c1. The summed E-state index contributed by atoms with van der Waals surface area (Å²) in [5.74, 6) is 0. The summed E-state index contributed by atoms with van der Waals surface area (Å²) in [5, 5.41) is 9.31. The smallest absolute Gasteiger partial charge is 0.147 e. The van der Waals surface area contributed by atoms with Gasteiger partial charge in [0.25, 0.3) is 0 Å². The Kier molecular flexibility index (Phi) is 3.67. The van der Waals surface area contributed by atoms with E-state index in [4.69, 9.17) is 4.98 Å². The van der Waals surface area contributed by atoms with Gasteiger partial charge in [0, 0.05) is 16.1 Å². The molecule has 0 aliphatic carbocycles. The van der Waals surface area contributed by atoms with Crippen molar-refractivity contribution in [2.24, 2.45) is 0 Å². The minimum Gasteiger partial charge on any atom is -0.319 e. The van der Waals surface area contributed by atoms with Crippen LogP contribution in [0.1, 0.15) is 0 Å². The molecular formula is C29H21N2OP. The van der Waals surface area contributed by atoms with Crippen molar-refractivity contribution in [1.29, 1.82) is 0 Å². The van der Waals surface area contributed by atoms with Gasteiger partial charge < -0.3 is 4.57 Å². The van der Waals surface area contributed by atoms with Crippen LogP contribution in [0.15, 0.2) is 91.0 Å². The standard InChI is InChI=1S/C29H21N2OP/c1-33(2,32)20-13-15-24-26(17-20)31-25-16-12-19-8-3-5-9-21(19)27(25)23-14-11-18-7-4-6-10-22(18)28(23)29(31)30-24/h3-17H,1-2H3. The zero-order valence-corrected chi connectivity index (χ0v) is 19.3. The van der Waals surface area contributed by atoms with E-state index in [1.807, 2.05) is 25.5 Å². The monoisotopic (exact) mass is 444 g/mol. The maximum Gasteiger partial charge on any atom is 0.147 e. The molecule has 158 valence electrons. The summed E-state index contributed by atoms with van der Waals surface area (Å²) >= 11 is 0. The summed E-state index contributed by atoms with van der Waals surface area (Å²) in [6.45, 7) is 3.65. The number of hydrogen-bond acceptors (Lipinski definition) is 2. The fourth-order valence-corrected chi connectivity index (χ4v) is 6.13. The molecule has 2 aromatic heterocycles. The van der Waals surface area contributed by atoms with E-state index in [0.717, 1.165) is 32.9 Å². The number of imidazole rings is 1. The Bertz CT molecular complexity index is 1980. The zero-order chi connectivity index (χ0) is 22.3. The first-order valence-electron chi connectivity index (χ1n) is 11.1. The van der Waals surface area contributed by atoms with Gasteiger partial charge in [0.1, 0.15) is 12.8 Å². The Morgan fingerprint density at radius 3 is 2.06 bits per heavy atom. The minimum atomic E-state index is -2.40. The van der Waals surface area contributed by atoms with Crippen LogP contribution in [0.2, 0.25) is 0 Å². The first-order valence-corrected chi connectivity index (χ1v) is 13.7. The topological polar surface area (TPSA) is 34.4 Å². The highest BCUT2D eigenvalue weighted by molar-refractivity contribution is 7.70. The van der Waals surface area contributed by atoms with E-state index >= 15 is 0 Å². The number of fused-ring (bicyclic) bond motifs is 12. The van der Waals surface area contributed by atoms with Crippen LogP contribution in [0, 0.1) is 0 Å². The van der Waals surface area contributed by atoms with E-state index in [1.54, 1.807) is 0 Å². The lowest BCUT2D eigenvalue weighted by Gasteiger charge is -2.14. The molecule has 0 spiro atoms. The van der Waals surface area contributed by atoms with Gasteiger partial charge in [0.05, 0.1) is 16.6 Å². The number of aromatic nitrogens is 2. The second-order valence-electron chi connectivity index (χ2n) is 9.18. The van der Waals surface area contributed by atoms with Gasteiger partial charge >= 0.3 is 0 Å². The Morgan fingerprint density at radius 2 is 1.33 bits per heavy atom. The number of pyridine rings is 1. The van der Waals surface area contributed by atoms with E-state index < -0.39 is 7.14 Å². The molecule has 7 rings (SSSR count). The third-order valence-corrected chi connectivity index (χ3v) is 8.35. The molecule has 7 aromatic rings. The molecule has 0 radical (unpaired) electrons. The molecule has 0 bridgehead atoms. The van der Waals surface area contributed by atoms with E-state index in [2.05, 4.69) is 83.3 Å². The van der Waals surface area contributed by atoms with E-state index in [1.165, 1.54) is 32.3 Å². The Hall–Kier alpha value is -3.68. The van der Waals surface area contributed by atoms with Crippen molar-refractivity contribution >= 4 is 72.3 Å². The molecule has 0 aliphatic heterocycles. The van der Waals surface area contributed by atoms with Crippen LogP contribution in [0.5, 0.6) is 0 Å². The number of rotatable bonds is 1. The van der Waals surface area contributed by atoms with E-state index in [0.29, 0.717) is 0 Å². The van der Waals surface area contributed by atoms with Gasteiger partial charge in [-0.15, -0.1) is 0 Å². The van der Waals surface area contributed by atoms with Crippen molar-refractivity contribution < 1.29 is 4.57 Å². The Balaban J connectivity index is 1.86. The van der Waals surface area contributed by atoms with E-state index in [9.17, 15) is 4.57 Å². The summed E-state index contributed by atoms with van der Waals surface area (Å²) in [7, 11) is -2.40. The van der Waals surface area contributed by atoms with Crippen molar-refractivity contribution in [1.82, 2.24) is 9.38 Å². The average molecular weight is 444 g/mol. The fraction of sp³-hybridized carbons (Fsp3) is 0.0690. The van der Waals surface area contributed by atoms with Gasteiger partial charge in [-0.25, -0.2) is 4.98 Å². The third kappa shape index (κ3) is 2.57. The molecule has 5 aromatic carbocycles. The van der Waals surface area contributed by atoms with Crippen LogP contribution in [0.25, 0.3) is 59.9 Å². The molecule has 0 saturated heterocycles. The number of hydrogen-bond donors (Lipinski definition) is 0. The fourth-order valence-electron chi connectivity index (χ4n) is 5.26. The van der Waals surface area contributed by atoms with Gasteiger partial charge in [-0.2, -0.15) is 0 Å². The summed E-state index contributed by atoms with van der Waals surface area (Å²) in [6.07, 6.45) is 0. The van der Waals surface area contributed by atoms with Gasteiger partial charge in [-0.1, -0.05) is 66.7 Å². The first kappa shape index (κ1) is 18.8. The quantitative estimate of drug-likeness (QED) is 0.196. The summed E-state index contributed by atoms with van der Waals surface area (Å²) in [5.41, 5.74) is 3.98. The molecule has 0 atom stereocenters. The molecule has 0 fully saturated rings. The van der Waals surface area contributed by atoms with Crippen LogP contribution in [0.3, 0.4) is 0 Å². The predicted molar refractivity (Wildman–Crippen MR) is 142 cm³/mol. The number of nitrogens with zero attached hydrogens (tertiary/aromatic N) is 2. The van der Waals surface area contributed by atoms with Crippen molar-refractivity contribution in [3.05, 3.63) is 91.0 Å². The average Bonchev–Trinajstić information content (AvgIpc) is 3.21. The second kappa shape index (κ2) is 6.43. The first-order chi connectivity index (χ1) is 16.0. The van der Waals surface area contributed by atoms with Crippen molar-refractivity contribution in [3.8, 4) is 0 Å². The molecule has 0 aliphatic rings. The summed E-state index contributed by atoms with van der Waals surface area (Å²) in [4.78, 5) is 5.12. The lowest BCUT2D eigenvalue weighted by molar-refractivity contribution is 0.588. The molecule has 0 N–H and O–H groups in total. The Morgan fingerprint density at radius 1 is 0.667 bits per heavy atom. The highest BCUT2D eigenvalue weighted by atomic mass is 31.2. The van der Waals surface area contributed by atoms with Crippen LogP contribution in [-0.4, -0.2) is 22.7 Å². The molecule has 3 nitrogen and oxygen atoms in total. The van der Waals surface area contributed by atoms with Gasteiger partial charge in [0.2, 0.25) is 0 Å². The summed E-state index contributed by atoms with van der Waals surface area (Å²) < 4.78 is 15.2. The van der Waals surface area contributed by atoms with Crippen LogP contribution in [-0.2, 0) is 4.57 Å². The van der Waals surface area contributed by atoms with Crippen LogP contribution in [0.4, 0.5) is 0 Å². The molecule has 33 heavy (non-hydrogen) atoms. The largest absolute Gasteiger partial charge is 0.319 e. The normalized spacial score (nSPS) is 12.7. The molecular weight excluding hydrogens is 423 g/mol. The maximum absolute atomic E-state index is 12.9. The lowest BCUT2D eigenvalue weighted by atomic mass is 9.96. The predicted octanol–water partition coefficient (Wildman–Crippen LogP) is 7.35. The molecule has 2 heterocycles. The highest BCUT2D eigenvalue weighted by Gasteiger charge is 2.19. The highest BCUT2D eigenvalue weighted by Crippen LogP contribution is 2.40. The van der Waals surface area contributed by atoms with Crippen molar-refractivity contribution in [2.75, 3.05) is 13.3 Å². The lowest BCUT2D eigenvalue weighted by Crippen LogP contribution is -2.02.